The summed E-state index contributed by atoms with van der Waals surface area (Å²) in [6.45, 7) is 0. The molecule has 0 amide bonds. The second-order valence-electron chi connectivity index (χ2n) is 4.58. The SMILES string of the molecule is CN(C)C(=S)c1ccc(=O)[nH]c1Cc1ccccc1. The minimum absolute atomic E-state index is 0.101. The summed E-state index contributed by atoms with van der Waals surface area (Å²) in [5, 5.41) is 0. The highest BCUT2D eigenvalue weighted by atomic mass is 32.1. The standard InChI is InChI=1S/C15H16N2OS/c1-17(2)15(19)12-8-9-14(18)16-13(12)10-11-6-4-3-5-7-11/h3-9H,10H2,1-2H3,(H,16,18). The molecule has 19 heavy (non-hydrogen) atoms. The number of H-pyrrole nitrogens is 1. The molecular formula is C15H16N2OS. The average molecular weight is 272 g/mol. The Morgan fingerprint density at radius 3 is 2.47 bits per heavy atom. The molecular weight excluding hydrogens is 256 g/mol. The van der Waals surface area contributed by atoms with E-state index in [4.69, 9.17) is 12.2 Å². The molecule has 0 radical (unpaired) electrons. The maximum Gasteiger partial charge on any atom is 0.248 e. The molecule has 0 saturated carbocycles. The van der Waals surface area contributed by atoms with Crippen molar-refractivity contribution in [3.63, 3.8) is 0 Å². The van der Waals surface area contributed by atoms with Gasteiger partial charge in [-0.3, -0.25) is 4.79 Å². The third-order valence-corrected chi connectivity index (χ3v) is 3.45. The molecule has 0 atom stereocenters. The van der Waals surface area contributed by atoms with Gasteiger partial charge in [-0.2, -0.15) is 0 Å². The van der Waals surface area contributed by atoms with Crippen LogP contribution in [0.25, 0.3) is 0 Å². The zero-order valence-corrected chi connectivity index (χ0v) is 11.8. The van der Waals surface area contributed by atoms with E-state index in [1.165, 1.54) is 6.07 Å². The van der Waals surface area contributed by atoms with Crippen LogP contribution in [0.5, 0.6) is 0 Å². The summed E-state index contributed by atoms with van der Waals surface area (Å²) in [6.07, 6.45) is 0.667. The normalized spacial score (nSPS) is 10.2. The molecule has 2 rings (SSSR count). The zero-order valence-electron chi connectivity index (χ0n) is 11.0. The van der Waals surface area contributed by atoms with Crippen molar-refractivity contribution < 1.29 is 0 Å². The number of benzene rings is 1. The summed E-state index contributed by atoms with van der Waals surface area (Å²) in [6, 6.07) is 13.3. The lowest BCUT2D eigenvalue weighted by Crippen LogP contribution is -2.24. The number of nitrogens with one attached hydrogen (secondary N) is 1. The van der Waals surface area contributed by atoms with Gasteiger partial charge in [0.1, 0.15) is 4.99 Å². The van der Waals surface area contributed by atoms with Crippen LogP contribution in [0.3, 0.4) is 0 Å². The highest BCUT2D eigenvalue weighted by molar-refractivity contribution is 7.80. The highest BCUT2D eigenvalue weighted by Crippen LogP contribution is 2.12. The number of nitrogens with zero attached hydrogens (tertiary/aromatic N) is 1. The molecule has 1 N–H and O–H groups in total. The summed E-state index contributed by atoms with van der Waals surface area (Å²) in [7, 11) is 3.81. The van der Waals surface area contributed by atoms with Crippen molar-refractivity contribution in [2.24, 2.45) is 0 Å². The second kappa shape index (κ2) is 5.80. The predicted molar refractivity (Wildman–Crippen MR) is 81.7 cm³/mol. The van der Waals surface area contributed by atoms with Crippen LogP contribution in [0.15, 0.2) is 47.3 Å². The number of aromatic nitrogens is 1. The fourth-order valence-electron chi connectivity index (χ4n) is 1.90. The Balaban J connectivity index is 2.41. The summed E-state index contributed by atoms with van der Waals surface area (Å²) < 4.78 is 0. The number of thiocarbonyl (C=S) groups is 1. The van der Waals surface area contributed by atoms with Crippen molar-refractivity contribution in [3.05, 3.63) is 69.6 Å². The van der Waals surface area contributed by atoms with E-state index < -0.39 is 0 Å². The van der Waals surface area contributed by atoms with Gasteiger partial charge in [0.2, 0.25) is 5.56 Å². The Morgan fingerprint density at radius 1 is 1.16 bits per heavy atom. The van der Waals surface area contributed by atoms with Gasteiger partial charge in [0.05, 0.1) is 0 Å². The van der Waals surface area contributed by atoms with Crippen LogP contribution in [0, 0.1) is 0 Å². The van der Waals surface area contributed by atoms with Gasteiger partial charge < -0.3 is 9.88 Å². The average Bonchev–Trinajstić information content (AvgIpc) is 2.39. The first kappa shape index (κ1) is 13.5. The number of hydrogen-bond acceptors (Lipinski definition) is 2. The van der Waals surface area contributed by atoms with E-state index in [-0.39, 0.29) is 5.56 Å². The molecule has 0 spiro atoms. The fraction of sp³-hybridized carbons (Fsp3) is 0.200. The molecule has 0 unspecified atom stereocenters. The molecule has 0 bridgehead atoms. The van der Waals surface area contributed by atoms with Crippen LogP contribution in [0.2, 0.25) is 0 Å². The molecule has 0 fully saturated rings. The van der Waals surface area contributed by atoms with Crippen LogP contribution >= 0.6 is 12.2 Å². The molecule has 0 aliphatic rings. The first-order valence-corrected chi connectivity index (χ1v) is 6.46. The summed E-state index contributed by atoms with van der Waals surface area (Å²) >= 11 is 5.40. The van der Waals surface area contributed by atoms with Gasteiger partial charge in [0.15, 0.2) is 0 Å². The number of aromatic amines is 1. The molecule has 0 aliphatic heterocycles. The van der Waals surface area contributed by atoms with Crippen LogP contribution in [0.4, 0.5) is 0 Å². The van der Waals surface area contributed by atoms with Gasteiger partial charge in [0.25, 0.3) is 0 Å². The van der Waals surface area contributed by atoms with Gasteiger partial charge >= 0.3 is 0 Å². The Hall–Kier alpha value is -1.94. The van der Waals surface area contributed by atoms with Crippen LogP contribution in [0.1, 0.15) is 16.8 Å². The Bertz CT molecular complexity index is 632. The molecule has 1 aromatic heterocycles. The maximum atomic E-state index is 11.5. The monoisotopic (exact) mass is 272 g/mol. The minimum Gasteiger partial charge on any atom is -0.368 e. The van der Waals surface area contributed by atoms with Gasteiger partial charge in [-0.15, -0.1) is 0 Å². The summed E-state index contributed by atoms with van der Waals surface area (Å²) in [5.74, 6) is 0. The van der Waals surface area contributed by atoms with Crippen molar-refractivity contribution >= 4 is 17.2 Å². The molecule has 2 aromatic rings. The van der Waals surface area contributed by atoms with Gasteiger partial charge in [-0.25, -0.2) is 0 Å². The molecule has 1 heterocycles. The first-order valence-electron chi connectivity index (χ1n) is 6.05. The van der Waals surface area contributed by atoms with E-state index in [0.29, 0.717) is 6.42 Å². The number of rotatable bonds is 3. The third kappa shape index (κ3) is 3.29. The quantitative estimate of drug-likeness (QED) is 0.870. The van der Waals surface area contributed by atoms with E-state index >= 15 is 0 Å². The predicted octanol–water partition coefficient (Wildman–Crippen LogP) is 2.20. The van der Waals surface area contributed by atoms with E-state index in [1.54, 1.807) is 6.07 Å². The smallest absolute Gasteiger partial charge is 0.248 e. The van der Waals surface area contributed by atoms with E-state index in [0.717, 1.165) is 21.8 Å². The van der Waals surface area contributed by atoms with E-state index in [2.05, 4.69) is 4.98 Å². The van der Waals surface area contributed by atoms with Crippen LogP contribution < -0.4 is 5.56 Å². The Labute approximate surface area is 117 Å². The van der Waals surface area contributed by atoms with E-state index in [9.17, 15) is 4.79 Å². The van der Waals surface area contributed by atoms with Crippen molar-refractivity contribution in [3.8, 4) is 0 Å². The molecule has 1 aromatic carbocycles. The largest absolute Gasteiger partial charge is 0.368 e. The maximum absolute atomic E-state index is 11.5. The zero-order chi connectivity index (χ0) is 13.8. The highest BCUT2D eigenvalue weighted by Gasteiger charge is 2.10. The third-order valence-electron chi connectivity index (χ3n) is 2.86. The van der Waals surface area contributed by atoms with Gasteiger partial charge in [-0.1, -0.05) is 42.5 Å². The molecule has 4 heteroatoms. The Morgan fingerprint density at radius 2 is 1.84 bits per heavy atom. The molecule has 3 nitrogen and oxygen atoms in total. The van der Waals surface area contributed by atoms with Gasteiger partial charge in [-0.05, 0) is 11.6 Å². The first-order chi connectivity index (χ1) is 9.08. The van der Waals surface area contributed by atoms with Crippen molar-refractivity contribution in [2.75, 3.05) is 14.1 Å². The van der Waals surface area contributed by atoms with Gasteiger partial charge in [0, 0.05) is 37.8 Å². The van der Waals surface area contributed by atoms with Crippen LogP contribution in [-0.2, 0) is 6.42 Å². The number of pyridine rings is 1. The second-order valence-corrected chi connectivity index (χ2v) is 4.96. The number of hydrogen-bond donors (Lipinski definition) is 1. The van der Waals surface area contributed by atoms with Crippen molar-refractivity contribution in [2.45, 2.75) is 6.42 Å². The Kier molecular flexibility index (Phi) is 4.12. The fourth-order valence-corrected chi connectivity index (χ4v) is 2.09. The van der Waals surface area contributed by atoms with E-state index in [1.807, 2.05) is 49.3 Å². The lowest BCUT2D eigenvalue weighted by atomic mass is 10.0. The summed E-state index contributed by atoms with van der Waals surface area (Å²) in [5.41, 5.74) is 2.81. The summed E-state index contributed by atoms with van der Waals surface area (Å²) in [4.78, 5) is 17.0. The lowest BCUT2D eigenvalue weighted by Gasteiger charge is -2.16. The van der Waals surface area contributed by atoms with Crippen LogP contribution in [-0.4, -0.2) is 29.0 Å². The topological polar surface area (TPSA) is 36.1 Å². The van der Waals surface area contributed by atoms with Crippen molar-refractivity contribution in [1.29, 1.82) is 0 Å². The lowest BCUT2D eigenvalue weighted by molar-refractivity contribution is 0.635. The minimum atomic E-state index is -0.101. The molecule has 98 valence electrons. The molecule has 0 aliphatic carbocycles. The molecule has 0 saturated heterocycles. The van der Waals surface area contributed by atoms with Crippen molar-refractivity contribution in [1.82, 2.24) is 9.88 Å².